The molecule has 0 amide bonds. The number of aryl methyl sites for hydroxylation is 2. The normalized spacial score (nSPS) is 16.6. The van der Waals surface area contributed by atoms with E-state index in [1.165, 1.54) is 29.7 Å². The summed E-state index contributed by atoms with van der Waals surface area (Å²) in [6.07, 6.45) is 5.69. The number of Topliss-reactive ketones (excluding diaryl/α,β-unsaturated/α-hetero) is 1. The maximum Gasteiger partial charge on any atom is 0.175 e. The minimum absolute atomic E-state index is 0.0788. The summed E-state index contributed by atoms with van der Waals surface area (Å²) in [6, 6.07) is 2.13. The first-order valence-electron chi connectivity index (χ1n) is 6.37. The lowest BCUT2D eigenvalue weighted by Crippen LogP contribution is -2.12. The van der Waals surface area contributed by atoms with Crippen LogP contribution in [0, 0.1) is 5.92 Å². The van der Waals surface area contributed by atoms with Gasteiger partial charge in [0.2, 0.25) is 0 Å². The van der Waals surface area contributed by atoms with Crippen LogP contribution in [0.1, 0.15) is 46.3 Å². The van der Waals surface area contributed by atoms with Crippen LogP contribution in [0.5, 0.6) is 0 Å². The highest BCUT2D eigenvalue weighted by molar-refractivity contribution is 7.14. The first-order valence-corrected chi connectivity index (χ1v) is 7.18. The zero-order valence-electron chi connectivity index (χ0n) is 10.6. The van der Waals surface area contributed by atoms with Crippen molar-refractivity contribution in [3.05, 3.63) is 21.4 Å². The van der Waals surface area contributed by atoms with Gasteiger partial charge in [-0.1, -0.05) is 6.92 Å². The molecule has 0 aromatic carbocycles. The van der Waals surface area contributed by atoms with Gasteiger partial charge in [-0.25, -0.2) is 0 Å². The Hall–Kier alpha value is -0.670. The molecule has 1 aliphatic rings. The molecule has 17 heavy (non-hydrogen) atoms. The molecule has 1 aromatic heterocycles. The van der Waals surface area contributed by atoms with Crippen molar-refractivity contribution < 1.29 is 9.53 Å². The molecule has 0 saturated carbocycles. The fourth-order valence-corrected chi connectivity index (χ4v) is 3.59. The lowest BCUT2D eigenvalue weighted by Gasteiger charge is -2.08. The smallest absolute Gasteiger partial charge is 0.175 e. The van der Waals surface area contributed by atoms with Crippen LogP contribution < -0.4 is 0 Å². The van der Waals surface area contributed by atoms with E-state index in [0.29, 0.717) is 12.4 Å². The highest BCUT2D eigenvalue weighted by atomic mass is 32.1. The molecular formula is C14H20O2S. The van der Waals surface area contributed by atoms with E-state index in [1.807, 2.05) is 6.92 Å². The Kier molecular flexibility index (Phi) is 4.35. The maximum absolute atomic E-state index is 12.2. The quantitative estimate of drug-likeness (QED) is 0.750. The van der Waals surface area contributed by atoms with Crippen LogP contribution in [-0.4, -0.2) is 19.5 Å². The van der Waals surface area contributed by atoms with Gasteiger partial charge in [0.1, 0.15) is 0 Å². The third kappa shape index (κ3) is 2.96. The standard InChI is InChI=1S/C14H20O2S/c1-10(7-8-16-2)14(15)13-9-11-5-3-4-6-12(11)17-13/h9-10H,3-8H2,1-2H3. The third-order valence-electron chi connectivity index (χ3n) is 3.44. The number of carbonyl (C=O) groups is 1. The van der Waals surface area contributed by atoms with Crippen molar-refractivity contribution in [2.45, 2.75) is 39.0 Å². The topological polar surface area (TPSA) is 26.3 Å². The minimum Gasteiger partial charge on any atom is -0.385 e. The summed E-state index contributed by atoms with van der Waals surface area (Å²) < 4.78 is 5.03. The van der Waals surface area contributed by atoms with Crippen LogP contribution in [0.15, 0.2) is 6.07 Å². The summed E-state index contributed by atoms with van der Waals surface area (Å²) in [5.74, 6) is 0.372. The third-order valence-corrected chi connectivity index (χ3v) is 4.69. The summed E-state index contributed by atoms with van der Waals surface area (Å²) >= 11 is 1.71. The molecule has 1 atom stereocenters. The number of methoxy groups -OCH3 is 1. The van der Waals surface area contributed by atoms with Crippen LogP contribution >= 0.6 is 11.3 Å². The monoisotopic (exact) mass is 252 g/mol. The lowest BCUT2D eigenvalue weighted by atomic mass is 9.97. The predicted molar refractivity (Wildman–Crippen MR) is 70.9 cm³/mol. The highest BCUT2D eigenvalue weighted by Gasteiger charge is 2.20. The highest BCUT2D eigenvalue weighted by Crippen LogP contribution is 2.31. The zero-order valence-corrected chi connectivity index (χ0v) is 11.4. The molecule has 0 radical (unpaired) electrons. The molecule has 0 saturated heterocycles. The number of hydrogen-bond donors (Lipinski definition) is 0. The largest absolute Gasteiger partial charge is 0.385 e. The van der Waals surface area contributed by atoms with Crippen molar-refractivity contribution in [2.24, 2.45) is 5.92 Å². The van der Waals surface area contributed by atoms with E-state index in [4.69, 9.17) is 4.74 Å². The van der Waals surface area contributed by atoms with Gasteiger partial charge < -0.3 is 4.74 Å². The molecule has 0 fully saturated rings. The van der Waals surface area contributed by atoms with Crippen molar-refractivity contribution >= 4 is 17.1 Å². The molecule has 3 heteroatoms. The fraction of sp³-hybridized carbons (Fsp3) is 0.643. The zero-order chi connectivity index (χ0) is 12.3. The molecule has 0 N–H and O–H groups in total. The Labute approximate surface area is 107 Å². The van der Waals surface area contributed by atoms with Crippen molar-refractivity contribution in [1.29, 1.82) is 0 Å². The summed E-state index contributed by atoms with van der Waals surface area (Å²) in [6.45, 7) is 2.66. The SMILES string of the molecule is COCCC(C)C(=O)c1cc2c(s1)CCCC2. The summed E-state index contributed by atoms with van der Waals surface area (Å²) in [4.78, 5) is 14.6. The molecule has 94 valence electrons. The van der Waals surface area contributed by atoms with E-state index in [0.717, 1.165) is 17.7 Å². The van der Waals surface area contributed by atoms with Crippen LogP contribution in [0.2, 0.25) is 0 Å². The van der Waals surface area contributed by atoms with Gasteiger partial charge in [-0.05, 0) is 43.7 Å². The van der Waals surface area contributed by atoms with Gasteiger partial charge in [0.15, 0.2) is 5.78 Å². The Bertz CT molecular complexity index is 371. The average molecular weight is 252 g/mol. The second kappa shape index (κ2) is 5.78. The van der Waals surface area contributed by atoms with Gasteiger partial charge in [0, 0.05) is 24.5 Å². The fourth-order valence-electron chi connectivity index (χ4n) is 2.28. The molecule has 0 bridgehead atoms. The van der Waals surface area contributed by atoms with Gasteiger partial charge in [-0.3, -0.25) is 4.79 Å². The predicted octanol–water partition coefficient (Wildman–Crippen LogP) is 3.48. The lowest BCUT2D eigenvalue weighted by molar-refractivity contribution is 0.0898. The number of hydrogen-bond acceptors (Lipinski definition) is 3. The second-order valence-electron chi connectivity index (χ2n) is 4.81. The maximum atomic E-state index is 12.2. The Balaban J connectivity index is 2.06. The molecule has 2 rings (SSSR count). The van der Waals surface area contributed by atoms with E-state index in [2.05, 4.69) is 6.07 Å². The van der Waals surface area contributed by atoms with Gasteiger partial charge >= 0.3 is 0 Å². The van der Waals surface area contributed by atoms with Gasteiger partial charge in [0.05, 0.1) is 4.88 Å². The van der Waals surface area contributed by atoms with Crippen molar-refractivity contribution in [3.63, 3.8) is 0 Å². The number of rotatable bonds is 5. The Morgan fingerprint density at radius 3 is 2.94 bits per heavy atom. The molecular weight excluding hydrogens is 232 g/mol. The number of ketones is 1. The average Bonchev–Trinajstić information content (AvgIpc) is 2.78. The van der Waals surface area contributed by atoms with Crippen molar-refractivity contribution in [2.75, 3.05) is 13.7 Å². The van der Waals surface area contributed by atoms with Gasteiger partial charge in [-0.15, -0.1) is 11.3 Å². The van der Waals surface area contributed by atoms with E-state index < -0.39 is 0 Å². The van der Waals surface area contributed by atoms with E-state index >= 15 is 0 Å². The molecule has 0 spiro atoms. The Morgan fingerprint density at radius 2 is 2.24 bits per heavy atom. The summed E-state index contributed by atoms with van der Waals surface area (Å²) in [5, 5.41) is 0. The van der Waals surface area contributed by atoms with Crippen LogP contribution in [0.25, 0.3) is 0 Å². The van der Waals surface area contributed by atoms with Crippen molar-refractivity contribution in [1.82, 2.24) is 0 Å². The van der Waals surface area contributed by atoms with Crippen LogP contribution in [0.4, 0.5) is 0 Å². The second-order valence-corrected chi connectivity index (χ2v) is 5.95. The van der Waals surface area contributed by atoms with E-state index in [-0.39, 0.29) is 5.92 Å². The summed E-state index contributed by atoms with van der Waals surface area (Å²) in [5.41, 5.74) is 1.42. The van der Waals surface area contributed by atoms with Crippen molar-refractivity contribution in [3.8, 4) is 0 Å². The molecule has 0 aliphatic heterocycles. The van der Waals surface area contributed by atoms with Crippen LogP contribution in [-0.2, 0) is 17.6 Å². The van der Waals surface area contributed by atoms with Gasteiger partial charge in [0.25, 0.3) is 0 Å². The Morgan fingerprint density at radius 1 is 1.47 bits per heavy atom. The van der Waals surface area contributed by atoms with E-state index in [1.54, 1.807) is 18.4 Å². The first-order chi connectivity index (χ1) is 8.22. The molecule has 1 heterocycles. The molecule has 1 unspecified atom stereocenters. The number of thiophene rings is 1. The first kappa shape index (κ1) is 12.8. The van der Waals surface area contributed by atoms with E-state index in [9.17, 15) is 4.79 Å². The number of ether oxygens (including phenoxy) is 1. The molecule has 1 aromatic rings. The minimum atomic E-state index is 0.0788. The summed E-state index contributed by atoms with van der Waals surface area (Å²) in [7, 11) is 1.68. The number of carbonyl (C=O) groups excluding carboxylic acids is 1. The van der Waals surface area contributed by atoms with Crippen LogP contribution in [0.3, 0.4) is 0 Å². The number of fused-ring (bicyclic) bond motifs is 1. The van der Waals surface area contributed by atoms with Gasteiger partial charge in [-0.2, -0.15) is 0 Å². The molecule has 1 aliphatic carbocycles. The molecule has 2 nitrogen and oxygen atoms in total.